The molecule has 1 rings (SSSR count). The monoisotopic (exact) mass is 213 g/mol. The summed E-state index contributed by atoms with van der Waals surface area (Å²) in [5.74, 6) is 0.592. The van der Waals surface area contributed by atoms with Gasteiger partial charge in [-0.1, -0.05) is 6.92 Å². The molecule has 0 saturated carbocycles. The van der Waals surface area contributed by atoms with Gasteiger partial charge in [0.25, 0.3) is 0 Å². The highest BCUT2D eigenvalue weighted by Gasteiger charge is 2.22. The molecule has 1 fully saturated rings. The number of piperidine rings is 1. The Balaban J connectivity index is 2.30. The number of nitrogens with two attached hydrogens (primary N) is 1. The highest BCUT2D eigenvalue weighted by Crippen LogP contribution is 2.15. The standard InChI is InChI=1S/C12H27N3/c1-10(11(2)13)9-15(4)12-5-7-14(3)8-6-12/h10-12H,5-9,13H2,1-4H3. The van der Waals surface area contributed by atoms with Gasteiger partial charge in [-0.05, 0) is 52.9 Å². The highest BCUT2D eigenvalue weighted by atomic mass is 15.2. The van der Waals surface area contributed by atoms with E-state index in [1.54, 1.807) is 0 Å². The summed E-state index contributed by atoms with van der Waals surface area (Å²) in [6.45, 7) is 7.96. The van der Waals surface area contributed by atoms with E-state index in [-0.39, 0.29) is 0 Å². The van der Waals surface area contributed by atoms with Crippen LogP contribution in [0.25, 0.3) is 0 Å². The van der Waals surface area contributed by atoms with Gasteiger partial charge in [-0.3, -0.25) is 0 Å². The van der Waals surface area contributed by atoms with Gasteiger partial charge >= 0.3 is 0 Å². The lowest BCUT2D eigenvalue weighted by atomic mass is 10.00. The summed E-state index contributed by atoms with van der Waals surface area (Å²) in [6, 6.07) is 1.07. The summed E-state index contributed by atoms with van der Waals surface area (Å²) in [6.07, 6.45) is 2.61. The van der Waals surface area contributed by atoms with Crippen molar-refractivity contribution in [3.05, 3.63) is 0 Å². The second-order valence-electron chi connectivity index (χ2n) is 5.31. The van der Waals surface area contributed by atoms with Crippen LogP contribution in [0.3, 0.4) is 0 Å². The Kier molecular flexibility index (Phi) is 5.03. The molecule has 0 spiro atoms. The van der Waals surface area contributed by atoms with Crippen molar-refractivity contribution in [2.24, 2.45) is 11.7 Å². The van der Waals surface area contributed by atoms with E-state index in [0.29, 0.717) is 12.0 Å². The van der Waals surface area contributed by atoms with E-state index in [4.69, 9.17) is 5.73 Å². The van der Waals surface area contributed by atoms with Crippen molar-refractivity contribution >= 4 is 0 Å². The second-order valence-corrected chi connectivity index (χ2v) is 5.31. The van der Waals surface area contributed by atoms with Crippen molar-refractivity contribution in [1.29, 1.82) is 0 Å². The molecule has 2 atom stereocenters. The molecule has 3 heteroatoms. The Morgan fingerprint density at radius 2 is 1.87 bits per heavy atom. The van der Waals surface area contributed by atoms with Crippen LogP contribution in [-0.4, -0.2) is 55.6 Å². The van der Waals surface area contributed by atoms with Crippen molar-refractivity contribution in [2.45, 2.75) is 38.8 Å². The molecule has 1 aliphatic heterocycles. The molecular formula is C12H27N3. The van der Waals surface area contributed by atoms with Gasteiger partial charge in [0.2, 0.25) is 0 Å². The average Bonchev–Trinajstić information content (AvgIpc) is 2.18. The first-order valence-corrected chi connectivity index (χ1v) is 6.15. The number of likely N-dealkylation sites (tertiary alicyclic amines) is 1. The molecule has 2 N–H and O–H groups in total. The first-order valence-electron chi connectivity index (χ1n) is 6.15. The molecule has 0 bridgehead atoms. The number of hydrogen-bond donors (Lipinski definition) is 1. The largest absolute Gasteiger partial charge is 0.328 e. The molecule has 90 valence electrons. The van der Waals surface area contributed by atoms with Crippen molar-refractivity contribution in [3.63, 3.8) is 0 Å². The molecule has 2 unspecified atom stereocenters. The normalized spacial score (nSPS) is 24.4. The van der Waals surface area contributed by atoms with Crippen LogP contribution in [0, 0.1) is 5.92 Å². The minimum atomic E-state index is 0.304. The van der Waals surface area contributed by atoms with E-state index >= 15 is 0 Å². The minimum absolute atomic E-state index is 0.304. The summed E-state index contributed by atoms with van der Waals surface area (Å²) in [7, 11) is 4.45. The second kappa shape index (κ2) is 5.83. The van der Waals surface area contributed by atoms with Crippen molar-refractivity contribution in [1.82, 2.24) is 9.80 Å². The predicted molar refractivity (Wildman–Crippen MR) is 66.0 cm³/mol. The Morgan fingerprint density at radius 1 is 1.33 bits per heavy atom. The van der Waals surface area contributed by atoms with Crippen molar-refractivity contribution in [3.8, 4) is 0 Å². The maximum Gasteiger partial charge on any atom is 0.0117 e. The zero-order valence-corrected chi connectivity index (χ0v) is 10.7. The zero-order chi connectivity index (χ0) is 11.4. The number of nitrogens with zero attached hydrogens (tertiary/aromatic N) is 2. The lowest BCUT2D eigenvalue weighted by molar-refractivity contribution is 0.128. The highest BCUT2D eigenvalue weighted by molar-refractivity contribution is 4.78. The van der Waals surface area contributed by atoms with Crippen LogP contribution in [0.2, 0.25) is 0 Å². The molecular weight excluding hydrogens is 186 g/mol. The van der Waals surface area contributed by atoms with Crippen LogP contribution < -0.4 is 5.73 Å². The van der Waals surface area contributed by atoms with Gasteiger partial charge in [0.1, 0.15) is 0 Å². The number of rotatable bonds is 4. The van der Waals surface area contributed by atoms with Crippen LogP contribution in [0.15, 0.2) is 0 Å². The summed E-state index contributed by atoms with van der Waals surface area (Å²) >= 11 is 0. The van der Waals surface area contributed by atoms with Crippen LogP contribution >= 0.6 is 0 Å². The van der Waals surface area contributed by atoms with Gasteiger partial charge in [-0.25, -0.2) is 0 Å². The van der Waals surface area contributed by atoms with Crippen molar-refractivity contribution < 1.29 is 0 Å². The molecule has 1 heterocycles. The molecule has 0 aromatic rings. The molecule has 0 aromatic carbocycles. The molecule has 0 radical (unpaired) electrons. The molecule has 3 nitrogen and oxygen atoms in total. The maximum absolute atomic E-state index is 5.90. The van der Waals surface area contributed by atoms with Crippen LogP contribution in [-0.2, 0) is 0 Å². The lowest BCUT2D eigenvalue weighted by Crippen LogP contribution is -2.45. The van der Waals surface area contributed by atoms with Crippen LogP contribution in [0.1, 0.15) is 26.7 Å². The minimum Gasteiger partial charge on any atom is -0.328 e. The fourth-order valence-corrected chi connectivity index (χ4v) is 2.21. The van der Waals surface area contributed by atoms with E-state index in [2.05, 4.69) is 37.7 Å². The predicted octanol–water partition coefficient (Wildman–Crippen LogP) is 0.996. The van der Waals surface area contributed by atoms with Crippen LogP contribution in [0.5, 0.6) is 0 Å². The maximum atomic E-state index is 5.90. The van der Waals surface area contributed by atoms with Crippen molar-refractivity contribution in [2.75, 3.05) is 33.7 Å². The first-order chi connectivity index (χ1) is 7.00. The Morgan fingerprint density at radius 3 is 2.33 bits per heavy atom. The summed E-state index contributed by atoms with van der Waals surface area (Å²) in [4.78, 5) is 4.92. The van der Waals surface area contributed by atoms with E-state index in [1.165, 1.54) is 25.9 Å². The third-order valence-electron chi connectivity index (χ3n) is 3.78. The topological polar surface area (TPSA) is 32.5 Å². The fraction of sp³-hybridized carbons (Fsp3) is 1.00. The average molecular weight is 213 g/mol. The van der Waals surface area contributed by atoms with E-state index < -0.39 is 0 Å². The SMILES string of the molecule is CC(N)C(C)CN(C)C1CCN(C)CC1. The summed E-state index contributed by atoms with van der Waals surface area (Å²) in [5.41, 5.74) is 5.90. The van der Waals surface area contributed by atoms with Gasteiger partial charge in [-0.15, -0.1) is 0 Å². The third-order valence-corrected chi connectivity index (χ3v) is 3.78. The summed E-state index contributed by atoms with van der Waals surface area (Å²) < 4.78 is 0. The van der Waals surface area contributed by atoms with Gasteiger partial charge < -0.3 is 15.5 Å². The molecule has 15 heavy (non-hydrogen) atoms. The van der Waals surface area contributed by atoms with E-state index in [0.717, 1.165) is 12.6 Å². The van der Waals surface area contributed by atoms with Gasteiger partial charge in [0.15, 0.2) is 0 Å². The Bertz CT molecular complexity index is 174. The fourth-order valence-electron chi connectivity index (χ4n) is 2.21. The molecule has 1 aliphatic rings. The van der Waals surface area contributed by atoms with Gasteiger partial charge in [0.05, 0.1) is 0 Å². The number of hydrogen-bond acceptors (Lipinski definition) is 3. The lowest BCUT2D eigenvalue weighted by Gasteiger charge is -2.36. The van der Waals surface area contributed by atoms with E-state index in [1.807, 2.05) is 0 Å². The van der Waals surface area contributed by atoms with Gasteiger partial charge in [0, 0.05) is 18.6 Å². The quantitative estimate of drug-likeness (QED) is 0.756. The Labute approximate surface area is 94.6 Å². The molecule has 1 saturated heterocycles. The van der Waals surface area contributed by atoms with Crippen LogP contribution in [0.4, 0.5) is 0 Å². The third kappa shape index (κ3) is 4.09. The van der Waals surface area contributed by atoms with Gasteiger partial charge in [-0.2, -0.15) is 0 Å². The zero-order valence-electron chi connectivity index (χ0n) is 10.7. The first kappa shape index (κ1) is 12.9. The van der Waals surface area contributed by atoms with E-state index in [9.17, 15) is 0 Å². The molecule has 0 aliphatic carbocycles. The molecule has 0 amide bonds. The Hall–Kier alpha value is -0.120. The smallest absolute Gasteiger partial charge is 0.0117 e. The summed E-state index contributed by atoms with van der Waals surface area (Å²) in [5, 5.41) is 0. The molecule has 0 aromatic heterocycles.